The molecule has 2 rings (SSSR count). The van der Waals surface area contributed by atoms with Crippen molar-refractivity contribution >= 4 is 5.97 Å². The first kappa shape index (κ1) is 11.7. The molecule has 0 saturated heterocycles. The molecule has 1 unspecified atom stereocenters. The maximum absolute atomic E-state index is 10.6. The Bertz CT molecular complexity index is 404. The van der Waals surface area contributed by atoms with Gasteiger partial charge in [0.2, 0.25) is 0 Å². The molecule has 1 aliphatic rings. The van der Waals surface area contributed by atoms with Crippen LogP contribution < -0.4 is 9.47 Å². The molecule has 0 saturated carbocycles. The number of hydrogen-bond donors (Lipinski definition) is 1. The molecule has 5 nitrogen and oxygen atoms in total. The van der Waals surface area contributed by atoms with Gasteiger partial charge in [0.25, 0.3) is 0 Å². The van der Waals surface area contributed by atoms with Crippen LogP contribution in [0.15, 0.2) is 24.3 Å². The molecule has 5 heteroatoms. The van der Waals surface area contributed by atoms with Crippen LogP contribution in [-0.4, -0.2) is 36.5 Å². The summed E-state index contributed by atoms with van der Waals surface area (Å²) in [5, 5.41) is 8.67. The molecule has 17 heavy (non-hydrogen) atoms. The minimum absolute atomic E-state index is 0.196. The Hall–Kier alpha value is -1.75. The lowest BCUT2D eigenvalue weighted by Crippen LogP contribution is -2.35. The van der Waals surface area contributed by atoms with E-state index < -0.39 is 12.1 Å². The average Bonchev–Trinajstić information content (AvgIpc) is 2.35. The molecule has 1 aromatic carbocycles. The molecule has 0 aromatic heterocycles. The standard InChI is InChI=1S/C12H14O5/c1-8(12(13)14)15-6-9-7-16-10-4-2-3-5-11(10)17-9/h2-5,8-9H,6-7H2,1H3,(H,13,14)/t8-,9?/m1/s1. The number of fused-ring (bicyclic) bond motifs is 1. The van der Waals surface area contributed by atoms with Crippen LogP contribution in [-0.2, 0) is 9.53 Å². The van der Waals surface area contributed by atoms with Crippen LogP contribution in [0.3, 0.4) is 0 Å². The third kappa shape index (κ3) is 2.88. The lowest BCUT2D eigenvalue weighted by atomic mass is 10.2. The number of carboxylic acids is 1. The van der Waals surface area contributed by atoms with Crippen LogP contribution in [0.1, 0.15) is 6.92 Å². The van der Waals surface area contributed by atoms with E-state index in [2.05, 4.69) is 0 Å². The van der Waals surface area contributed by atoms with Gasteiger partial charge in [-0.2, -0.15) is 0 Å². The highest BCUT2D eigenvalue weighted by Gasteiger charge is 2.22. The second kappa shape index (κ2) is 5.05. The zero-order valence-electron chi connectivity index (χ0n) is 9.46. The van der Waals surface area contributed by atoms with Gasteiger partial charge in [-0.05, 0) is 19.1 Å². The smallest absolute Gasteiger partial charge is 0.332 e. The lowest BCUT2D eigenvalue weighted by molar-refractivity contribution is -0.151. The van der Waals surface area contributed by atoms with Crippen molar-refractivity contribution in [2.75, 3.05) is 13.2 Å². The van der Waals surface area contributed by atoms with E-state index in [9.17, 15) is 4.79 Å². The molecule has 0 spiro atoms. The van der Waals surface area contributed by atoms with E-state index in [1.807, 2.05) is 24.3 Å². The zero-order valence-corrected chi connectivity index (χ0v) is 9.46. The van der Waals surface area contributed by atoms with Gasteiger partial charge in [0.1, 0.15) is 6.61 Å². The maximum Gasteiger partial charge on any atom is 0.332 e. The van der Waals surface area contributed by atoms with E-state index >= 15 is 0 Å². The fourth-order valence-corrected chi connectivity index (χ4v) is 1.47. The largest absolute Gasteiger partial charge is 0.486 e. The number of aliphatic carboxylic acids is 1. The predicted octanol–water partition coefficient (Wildman–Crippen LogP) is 1.32. The van der Waals surface area contributed by atoms with E-state index in [4.69, 9.17) is 19.3 Å². The number of benzene rings is 1. The Balaban J connectivity index is 1.88. The normalized spacial score (nSPS) is 19.7. The van der Waals surface area contributed by atoms with Crippen molar-refractivity contribution in [2.24, 2.45) is 0 Å². The highest BCUT2D eigenvalue weighted by Crippen LogP contribution is 2.30. The fraction of sp³-hybridized carbons (Fsp3) is 0.417. The maximum atomic E-state index is 10.6. The van der Waals surface area contributed by atoms with Gasteiger partial charge in [-0.15, -0.1) is 0 Å². The molecule has 0 amide bonds. The van der Waals surface area contributed by atoms with Crippen molar-refractivity contribution in [3.8, 4) is 11.5 Å². The minimum Gasteiger partial charge on any atom is -0.486 e. The highest BCUT2D eigenvalue weighted by atomic mass is 16.6. The van der Waals surface area contributed by atoms with Gasteiger partial charge >= 0.3 is 5.97 Å². The van der Waals surface area contributed by atoms with Gasteiger partial charge in [0.15, 0.2) is 23.7 Å². The first-order valence-corrected chi connectivity index (χ1v) is 5.39. The highest BCUT2D eigenvalue weighted by molar-refractivity contribution is 5.71. The fourth-order valence-electron chi connectivity index (χ4n) is 1.47. The number of carboxylic acid groups (broad SMARTS) is 1. The molecule has 1 heterocycles. The van der Waals surface area contributed by atoms with Crippen LogP contribution in [0.2, 0.25) is 0 Å². The van der Waals surface area contributed by atoms with Gasteiger partial charge in [0.05, 0.1) is 6.61 Å². The van der Waals surface area contributed by atoms with Gasteiger partial charge < -0.3 is 19.3 Å². The summed E-state index contributed by atoms with van der Waals surface area (Å²) in [6.07, 6.45) is -1.11. The molecular weight excluding hydrogens is 224 g/mol. The second-order valence-electron chi connectivity index (χ2n) is 3.81. The van der Waals surface area contributed by atoms with Crippen molar-refractivity contribution in [2.45, 2.75) is 19.1 Å². The number of para-hydroxylation sites is 2. The molecule has 2 atom stereocenters. The summed E-state index contributed by atoms with van der Waals surface area (Å²) < 4.78 is 16.2. The van der Waals surface area contributed by atoms with E-state index in [1.165, 1.54) is 6.92 Å². The van der Waals surface area contributed by atoms with Crippen LogP contribution in [0, 0.1) is 0 Å². The molecule has 0 aliphatic carbocycles. The zero-order chi connectivity index (χ0) is 12.3. The quantitative estimate of drug-likeness (QED) is 0.856. The van der Waals surface area contributed by atoms with Crippen LogP contribution >= 0.6 is 0 Å². The lowest BCUT2D eigenvalue weighted by Gasteiger charge is -2.26. The van der Waals surface area contributed by atoms with Crippen LogP contribution in [0.5, 0.6) is 11.5 Å². The van der Waals surface area contributed by atoms with E-state index in [-0.39, 0.29) is 12.7 Å². The number of rotatable bonds is 4. The summed E-state index contributed by atoms with van der Waals surface area (Å²) in [6, 6.07) is 7.35. The molecule has 0 bridgehead atoms. The molecular formula is C12H14O5. The van der Waals surface area contributed by atoms with Gasteiger partial charge in [-0.3, -0.25) is 0 Å². The number of ether oxygens (including phenoxy) is 3. The van der Waals surface area contributed by atoms with Gasteiger partial charge in [-0.1, -0.05) is 12.1 Å². The summed E-state index contributed by atoms with van der Waals surface area (Å²) in [4.78, 5) is 10.6. The van der Waals surface area contributed by atoms with Crippen molar-refractivity contribution in [3.05, 3.63) is 24.3 Å². The SMILES string of the molecule is C[C@@H](OCC1COc2ccccc2O1)C(=O)O. The number of carbonyl (C=O) groups is 1. The summed E-state index contributed by atoms with van der Waals surface area (Å²) in [5.74, 6) is 0.382. The first-order valence-electron chi connectivity index (χ1n) is 5.39. The topological polar surface area (TPSA) is 65.0 Å². The summed E-state index contributed by atoms with van der Waals surface area (Å²) in [6.45, 7) is 2.05. The third-order valence-corrected chi connectivity index (χ3v) is 2.45. The second-order valence-corrected chi connectivity index (χ2v) is 3.81. The molecule has 92 valence electrons. The molecule has 0 fully saturated rings. The predicted molar refractivity (Wildman–Crippen MR) is 59.4 cm³/mol. The molecule has 0 radical (unpaired) electrons. The molecule has 1 aliphatic heterocycles. The monoisotopic (exact) mass is 238 g/mol. The van der Waals surface area contributed by atoms with Crippen molar-refractivity contribution in [1.82, 2.24) is 0 Å². The third-order valence-electron chi connectivity index (χ3n) is 2.45. The van der Waals surface area contributed by atoms with Gasteiger partial charge in [0, 0.05) is 0 Å². The van der Waals surface area contributed by atoms with E-state index in [0.29, 0.717) is 18.1 Å². The Morgan fingerprint density at radius 2 is 2.24 bits per heavy atom. The minimum atomic E-state index is -0.984. The van der Waals surface area contributed by atoms with Crippen molar-refractivity contribution in [1.29, 1.82) is 0 Å². The van der Waals surface area contributed by atoms with Gasteiger partial charge in [-0.25, -0.2) is 4.79 Å². The Labute approximate surface area is 98.9 Å². The first-order chi connectivity index (χ1) is 8.16. The Morgan fingerprint density at radius 1 is 1.53 bits per heavy atom. The van der Waals surface area contributed by atoms with Crippen molar-refractivity contribution < 1.29 is 24.1 Å². The van der Waals surface area contributed by atoms with E-state index in [0.717, 1.165) is 0 Å². The van der Waals surface area contributed by atoms with Crippen LogP contribution in [0.4, 0.5) is 0 Å². The van der Waals surface area contributed by atoms with E-state index in [1.54, 1.807) is 0 Å². The van der Waals surface area contributed by atoms with Crippen molar-refractivity contribution in [3.63, 3.8) is 0 Å². The molecule has 1 N–H and O–H groups in total. The Kier molecular flexibility index (Phi) is 3.49. The molecule has 1 aromatic rings. The summed E-state index contributed by atoms with van der Waals surface area (Å²) in [7, 11) is 0. The Morgan fingerprint density at radius 3 is 2.94 bits per heavy atom. The average molecular weight is 238 g/mol. The number of hydrogen-bond acceptors (Lipinski definition) is 4. The van der Waals surface area contributed by atoms with Crippen LogP contribution in [0.25, 0.3) is 0 Å². The summed E-state index contributed by atoms with van der Waals surface area (Å²) >= 11 is 0. The summed E-state index contributed by atoms with van der Waals surface area (Å²) in [5.41, 5.74) is 0.